The second-order valence-electron chi connectivity index (χ2n) is 4.92. The van der Waals surface area contributed by atoms with Crippen LogP contribution in [0, 0.1) is 0 Å². The van der Waals surface area contributed by atoms with Gasteiger partial charge in [-0.1, -0.05) is 29.3 Å². The summed E-state index contributed by atoms with van der Waals surface area (Å²) in [6, 6.07) is 6.28. The Hall–Kier alpha value is -1.69. The van der Waals surface area contributed by atoms with Crippen molar-refractivity contribution in [3.8, 4) is 11.3 Å². The predicted octanol–water partition coefficient (Wildman–Crippen LogP) is 2.95. The third kappa shape index (κ3) is 3.94. The standard InChI is InChI=1S/C15H15Cl2N3O2/c1-8(9(2)21)20-15(22)14-6-13(18-7-19-14)10-3-4-11(16)12(17)5-10/h3-9,21H,1-2H3,(H,20,22)/t8-,9?/m1/s1. The maximum atomic E-state index is 12.1. The van der Waals surface area contributed by atoms with E-state index in [0.29, 0.717) is 15.7 Å². The molecule has 7 heteroatoms. The summed E-state index contributed by atoms with van der Waals surface area (Å²) in [5, 5.41) is 13.0. The van der Waals surface area contributed by atoms with Crippen LogP contribution in [0.5, 0.6) is 0 Å². The summed E-state index contributed by atoms with van der Waals surface area (Å²) in [6.45, 7) is 3.32. The number of aliphatic hydroxyl groups excluding tert-OH is 1. The van der Waals surface area contributed by atoms with Crippen molar-refractivity contribution in [2.75, 3.05) is 0 Å². The maximum Gasteiger partial charge on any atom is 0.270 e. The molecule has 0 aliphatic carbocycles. The first-order chi connectivity index (χ1) is 10.4. The van der Waals surface area contributed by atoms with E-state index < -0.39 is 6.10 Å². The van der Waals surface area contributed by atoms with Gasteiger partial charge in [0.15, 0.2) is 0 Å². The Balaban J connectivity index is 2.26. The Bertz CT molecular complexity index is 692. The van der Waals surface area contributed by atoms with Crippen molar-refractivity contribution >= 4 is 29.1 Å². The van der Waals surface area contributed by atoms with Crippen molar-refractivity contribution in [3.63, 3.8) is 0 Å². The zero-order valence-electron chi connectivity index (χ0n) is 12.0. The van der Waals surface area contributed by atoms with E-state index in [4.69, 9.17) is 23.2 Å². The minimum atomic E-state index is -0.652. The van der Waals surface area contributed by atoms with Gasteiger partial charge in [-0.25, -0.2) is 9.97 Å². The average molecular weight is 340 g/mol. The minimum Gasteiger partial charge on any atom is -0.391 e. The fourth-order valence-corrected chi connectivity index (χ4v) is 1.99. The lowest BCUT2D eigenvalue weighted by atomic mass is 10.1. The van der Waals surface area contributed by atoms with Gasteiger partial charge in [-0.3, -0.25) is 4.79 Å². The minimum absolute atomic E-state index is 0.212. The summed E-state index contributed by atoms with van der Waals surface area (Å²) in [7, 11) is 0. The summed E-state index contributed by atoms with van der Waals surface area (Å²) >= 11 is 11.9. The Morgan fingerprint density at radius 3 is 2.55 bits per heavy atom. The third-order valence-corrected chi connectivity index (χ3v) is 3.94. The molecule has 0 bridgehead atoms. The molecule has 0 saturated carbocycles. The van der Waals surface area contributed by atoms with E-state index in [1.165, 1.54) is 6.33 Å². The number of nitrogens with zero attached hydrogens (tertiary/aromatic N) is 2. The first-order valence-corrected chi connectivity index (χ1v) is 7.40. The van der Waals surface area contributed by atoms with Crippen molar-refractivity contribution in [2.45, 2.75) is 26.0 Å². The highest BCUT2D eigenvalue weighted by Crippen LogP contribution is 2.27. The van der Waals surface area contributed by atoms with E-state index >= 15 is 0 Å². The number of aliphatic hydroxyl groups is 1. The first kappa shape index (κ1) is 16.7. The van der Waals surface area contributed by atoms with Crippen molar-refractivity contribution in [1.82, 2.24) is 15.3 Å². The normalized spacial score (nSPS) is 13.5. The zero-order valence-corrected chi connectivity index (χ0v) is 13.6. The molecule has 1 aromatic heterocycles. The van der Waals surface area contributed by atoms with Crippen LogP contribution in [0.3, 0.4) is 0 Å². The van der Waals surface area contributed by atoms with Crippen LogP contribution in [0.25, 0.3) is 11.3 Å². The number of amides is 1. The van der Waals surface area contributed by atoms with E-state index in [2.05, 4.69) is 15.3 Å². The van der Waals surface area contributed by atoms with Crippen LogP contribution in [0.15, 0.2) is 30.6 Å². The number of benzene rings is 1. The fourth-order valence-electron chi connectivity index (χ4n) is 1.70. The van der Waals surface area contributed by atoms with Crippen LogP contribution < -0.4 is 5.32 Å². The van der Waals surface area contributed by atoms with Crippen molar-refractivity contribution in [1.29, 1.82) is 0 Å². The van der Waals surface area contributed by atoms with Gasteiger partial charge in [-0.2, -0.15) is 0 Å². The van der Waals surface area contributed by atoms with Crippen LogP contribution in [0.2, 0.25) is 10.0 Å². The number of hydrogen-bond acceptors (Lipinski definition) is 4. The first-order valence-electron chi connectivity index (χ1n) is 6.65. The molecule has 116 valence electrons. The smallest absolute Gasteiger partial charge is 0.270 e. The molecule has 1 heterocycles. The molecule has 0 saturated heterocycles. The molecule has 0 fully saturated rings. The second kappa shape index (κ2) is 7.05. The SMILES string of the molecule is CC(O)[C@@H](C)NC(=O)c1cc(-c2ccc(Cl)c(Cl)c2)ncn1. The van der Waals surface area contributed by atoms with E-state index in [1.54, 1.807) is 38.1 Å². The monoisotopic (exact) mass is 339 g/mol. The second-order valence-corrected chi connectivity index (χ2v) is 5.73. The number of carbonyl (C=O) groups is 1. The average Bonchev–Trinajstić information content (AvgIpc) is 2.50. The van der Waals surface area contributed by atoms with Gasteiger partial charge in [-0.05, 0) is 32.0 Å². The molecule has 2 aromatic rings. The number of aromatic nitrogens is 2. The Labute approximate surface area is 138 Å². The molecule has 22 heavy (non-hydrogen) atoms. The van der Waals surface area contributed by atoms with Gasteiger partial charge in [0.25, 0.3) is 5.91 Å². The molecule has 5 nitrogen and oxygen atoms in total. The lowest BCUT2D eigenvalue weighted by Crippen LogP contribution is -2.40. The molecule has 0 aliphatic heterocycles. The van der Waals surface area contributed by atoms with Crippen molar-refractivity contribution in [2.24, 2.45) is 0 Å². The van der Waals surface area contributed by atoms with Gasteiger partial charge in [0, 0.05) is 5.56 Å². The summed E-state index contributed by atoms with van der Waals surface area (Å²) in [5.41, 5.74) is 1.50. The highest BCUT2D eigenvalue weighted by atomic mass is 35.5. The molecule has 0 radical (unpaired) electrons. The fraction of sp³-hybridized carbons (Fsp3) is 0.267. The van der Waals surface area contributed by atoms with Crippen molar-refractivity contribution in [3.05, 3.63) is 46.3 Å². The van der Waals surface area contributed by atoms with E-state index in [0.717, 1.165) is 5.56 Å². The van der Waals surface area contributed by atoms with Crippen LogP contribution in [-0.4, -0.2) is 33.1 Å². The van der Waals surface area contributed by atoms with Gasteiger partial charge in [-0.15, -0.1) is 0 Å². The molecule has 1 amide bonds. The Kier molecular flexibility index (Phi) is 5.34. The third-order valence-electron chi connectivity index (χ3n) is 3.20. The van der Waals surface area contributed by atoms with E-state index in [1.807, 2.05) is 0 Å². The molecule has 2 atom stereocenters. The Morgan fingerprint density at radius 2 is 1.91 bits per heavy atom. The number of halogens is 2. The Morgan fingerprint density at radius 1 is 1.18 bits per heavy atom. The van der Waals surface area contributed by atoms with Gasteiger partial charge >= 0.3 is 0 Å². The number of carbonyl (C=O) groups excluding carboxylic acids is 1. The van der Waals surface area contributed by atoms with Crippen molar-refractivity contribution < 1.29 is 9.90 Å². The van der Waals surface area contributed by atoms with Crippen LogP contribution >= 0.6 is 23.2 Å². The molecular weight excluding hydrogens is 325 g/mol. The summed E-state index contributed by atoms with van der Waals surface area (Å²) in [5.74, 6) is -0.378. The number of hydrogen-bond donors (Lipinski definition) is 2. The summed E-state index contributed by atoms with van der Waals surface area (Å²) in [4.78, 5) is 20.2. The van der Waals surface area contributed by atoms with E-state index in [-0.39, 0.29) is 17.6 Å². The van der Waals surface area contributed by atoms with E-state index in [9.17, 15) is 9.90 Å². The molecular formula is C15H15Cl2N3O2. The quantitative estimate of drug-likeness (QED) is 0.897. The molecule has 1 unspecified atom stereocenters. The maximum absolute atomic E-state index is 12.1. The topological polar surface area (TPSA) is 75.1 Å². The number of nitrogens with one attached hydrogen (secondary N) is 1. The van der Waals surface area contributed by atoms with Gasteiger partial charge < -0.3 is 10.4 Å². The highest BCUT2D eigenvalue weighted by Gasteiger charge is 2.15. The molecule has 1 aromatic carbocycles. The van der Waals surface area contributed by atoms with Crippen LogP contribution in [0.4, 0.5) is 0 Å². The molecule has 2 N–H and O–H groups in total. The highest BCUT2D eigenvalue weighted by molar-refractivity contribution is 6.42. The van der Waals surface area contributed by atoms with Gasteiger partial charge in [0.2, 0.25) is 0 Å². The lowest BCUT2D eigenvalue weighted by molar-refractivity contribution is 0.0869. The van der Waals surface area contributed by atoms with Crippen LogP contribution in [-0.2, 0) is 0 Å². The number of rotatable bonds is 4. The summed E-state index contributed by atoms with van der Waals surface area (Å²) in [6.07, 6.45) is 0.653. The van der Waals surface area contributed by atoms with Gasteiger partial charge in [0.05, 0.1) is 27.9 Å². The molecule has 2 rings (SSSR count). The summed E-state index contributed by atoms with van der Waals surface area (Å²) < 4.78 is 0. The molecule has 0 spiro atoms. The zero-order chi connectivity index (χ0) is 16.3. The molecule has 0 aliphatic rings. The largest absolute Gasteiger partial charge is 0.391 e. The van der Waals surface area contributed by atoms with Gasteiger partial charge in [0.1, 0.15) is 12.0 Å². The lowest BCUT2D eigenvalue weighted by Gasteiger charge is -2.16. The van der Waals surface area contributed by atoms with Crippen LogP contribution in [0.1, 0.15) is 24.3 Å². The predicted molar refractivity (Wildman–Crippen MR) is 86.1 cm³/mol.